The highest BCUT2D eigenvalue weighted by Crippen LogP contribution is 2.36. The number of hydrogen-bond donors (Lipinski definition) is 1. The summed E-state index contributed by atoms with van der Waals surface area (Å²) in [5.41, 5.74) is 4.43. The molecule has 3 rings (SSSR count). The summed E-state index contributed by atoms with van der Waals surface area (Å²) in [6.07, 6.45) is 8.17. The summed E-state index contributed by atoms with van der Waals surface area (Å²) < 4.78 is 0. The molecule has 0 bridgehead atoms. The van der Waals surface area contributed by atoms with E-state index in [-0.39, 0.29) is 0 Å². The SMILES string of the molecule is CCc1ccc2c(c1)CC(C1CCCC1)N2. The van der Waals surface area contributed by atoms with Gasteiger partial charge < -0.3 is 5.32 Å². The van der Waals surface area contributed by atoms with Crippen LogP contribution in [0.3, 0.4) is 0 Å². The van der Waals surface area contributed by atoms with Crippen LogP contribution in [0.15, 0.2) is 18.2 Å². The number of fused-ring (bicyclic) bond motifs is 1. The van der Waals surface area contributed by atoms with Crippen LogP contribution in [0.2, 0.25) is 0 Å². The van der Waals surface area contributed by atoms with Gasteiger partial charge in [0.25, 0.3) is 0 Å². The van der Waals surface area contributed by atoms with Gasteiger partial charge in [-0.15, -0.1) is 0 Å². The van der Waals surface area contributed by atoms with E-state index in [1.165, 1.54) is 43.4 Å². The molecule has 0 saturated heterocycles. The van der Waals surface area contributed by atoms with Crippen LogP contribution in [0.25, 0.3) is 0 Å². The van der Waals surface area contributed by atoms with Crippen molar-refractivity contribution in [1.82, 2.24) is 0 Å². The molecular weight excluding hydrogens is 194 g/mol. The van der Waals surface area contributed by atoms with Crippen LogP contribution >= 0.6 is 0 Å². The molecule has 1 aliphatic carbocycles. The average Bonchev–Trinajstić information content (AvgIpc) is 2.96. The molecule has 1 heteroatoms. The van der Waals surface area contributed by atoms with E-state index >= 15 is 0 Å². The number of rotatable bonds is 2. The minimum atomic E-state index is 0.726. The molecule has 1 aliphatic heterocycles. The van der Waals surface area contributed by atoms with Gasteiger partial charge in [0.15, 0.2) is 0 Å². The lowest BCUT2D eigenvalue weighted by Gasteiger charge is -2.18. The van der Waals surface area contributed by atoms with E-state index in [2.05, 4.69) is 30.4 Å². The van der Waals surface area contributed by atoms with Crippen molar-refractivity contribution in [3.05, 3.63) is 29.3 Å². The molecular formula is C15H21N. The summed E-state index contributed by atoms with van der Waals surface area (Å²) in [4.78, 5) is 0. The van der Waals surface area contributed by atoms with E-state index in [1.54, 1.807) is 5.56 Å². The molecule has 1 fully saturated rings. The van der Waals surface area contributed by atoms with Gasteiger partial charge in [-0.05, 0) is 48.8 Å². The van der Waals surface area contributed by atoms with Crippen molar-refractivity contribution in [3.63, 3.8) is 0 Å². The standard InChI is InChI=1S/C15H21N/c1-2-11-7-8-14-13(9-11)10-15(16-14)12-5-3-4-6-12/h7-9,12,15-16H,2-6,10H2,1H3. The average molecular weight is 215 g/mol. The monoisotopic (exact) mass is 215 g/mol. The number of hydrogen-bond acceptors (Lipinski definition) is 1. The van der Waals surface area contributed by atoms with Gasteiger partial charge in [-0.2, -0.15) is 0 Å². The summed E-state index contributed by atoms with van der Waals surface area (Å²) >= 11 is 0. The Bertz CT molecular complexity index is 377. The maximum Gasteiger partial charge on any atom is 0.0376 e. The maximum absolute atomic E-state index is 3.73. The molecule has 1 nitrogen and oxygen atoms in total. The molecule has 0 amide bonds. The van der Waals surface area contributed by atoms with Crippen molar-refractivity contribution in [1.29, 1.82) is 0 Å². The van der Waals surface area contributed by atoms with Crippen LogP contribution in [0.1, 0.15) is 43.7 Å². The fourth-order valence-corrected chi connectivity index (χ4v) is 3.31. The van der Waals surface area contributed by atoms with Gasteiger partial charge in [-0.25, -0.2) is 0 Å². The first-order valence-electron chi connectivity index (χ1n) is 6.75. The lowest BCUT2D eigenvalue weighted by Crippen LogP contribution is -2.24. The smallest absolute Gasteiger partial charge is 0.0376 e. The number of aryl methyl sites for hydroxylation is 1. The highest BCUT2D eigenvalue weighted by molar-refractivity contribution is 5.58. The second-order valence-electron chi connectivity index (χ2n) is 5.34. The van der Waals surface area contributed by atoms with Gasteiger partial charge in [0, 0.05) is 11.7 Å². The van der Waals surface area contributed by atoms with Crippen LogP contribution in [-0.4, -0.2) is 6.04 Å². The second-order valence-corrected chi connectivity index (χ2v) is 5.34. The number of anilines is 1. The normalized spacial score (nSPS) is 24.4. The summed E-state index contributed by atoms with van der Waals surface area (Å²) in [5.74, 6) is 0.928. The molecule has 1 unspecified atom stereocenters. The fraction of sp³-hybridized carbons (Fsp3) is 0.600. The zero-order chi connectivity index (χ0) is 11.0. The Morgan fingerprint density at radius 2 is 2.06 bits per heavy atom. The minimum absolute atomic E-state index is 0.726. The molecule has 1 aromatic carbocycles. The van der Waals surface area contributed by atoms with Crippen LogP contribution in [0, 0.1) is 5.92 Å². The van der Waals surface area contributed by atoms with Crippen molar-refractivity contribution >= 4 is 5.69 Å². The van der Waals surface area contributed by atoms with Gasteiger partial charge in [-0.1, -0.05) is 31.9 Å². The van der Waals surface area contributed by atoms with Crippen molar-refractivity contribution in [3.8, 4) is 0 Å². The van der Waals surface area contributed by atoms with Crippen molar-refractivity contribution in [2.45, 2.75) is 51.5 Å². The Kier molecular flexibility index (Phi) is 2.62. The molecule has 1 atom stereocenters. The molecule has 1 saturated carbocycles. The third kappa shape index (κ3) is 1.73. The molecule has 86 valence electrons. The summed E-state index contributed by atoms with van der Waals surface area (Å²) in [5, 5.41) is 3.73. The summed E-state index contributed by atoms with van der Waals surface area (Å²) in [6, 6.07) is 7.67. The van der Waals surface area contributed by atoms with Crippen molar-refractivity contribution in [2.75, 3.05) is 5.32 Å². The van der Waals surface area contributed by atoms with E-state index in [9.17, 15) is 0 Å². The Morgan fingerprint density at radius 1 is 1.25 bits per heavy atom. The molecule has 0 radical (unpaired) electrons. The van der Waals surface area contributed by atoms with Crippen LogP contribution in [0.5, 0.6) is 0 Å². The second kappa shape index (κ2) is 4.12. The first kappa shape index (κ1) is 10.2. The third-order valence-corrected chi connectivity index (χ3v) is 4.33. The molecule has 0 spiro atoms. The molecule has 1 aromatic rings. The summed E-state index contributed by atoms with van der Waals surface area (Å²) in [6.45, 7) is 2.23. The molecule has 1 N–H and O–H groups in total. The Morgan fingerprint density at radius 3 is 2.81 bits per heavy atom. The van der Waals surface area contributed by atoms with Crippen LogP contribution < -0.4 is 5.32 Å². The lowest BCUT2D eigenvalue weighted by atomic mass is 9.95. The highest BCUT2D eigenvalue weighted by atomic mass is 15.0. The molecule has 2 aliphatic rings. The fourth-order valence-electron chi connectivity index (χ4n) is 3.31. The number of benzene rings is 1. The van der Waals surface area contributed by atoms with E-state index in [4.69, 9.17) is 0 Å². The van der Waals surface area contributed by atoms with Crippen molar-refractivity contribution in [2.24, 2.45) is 5.92 Å². The predicted octanol–water partition coefficient (Wildman–Crippen LogP) is 3.78. The molecule has 1 heterocycles. The van der Waals surface area contributed by atoms with Gasteiger partial charge >= 0.3 is 0 Å². The Balaban J connectivity index is 1.77. The lowest BCUT2D eigenvalue weighted by molar-refractivity contribution is 0.466. The van der Waals surface area contributed by atoms with E-state index in [0.717, 1.165) is 18.4 Å². The van der Waals surface area contributed by atoms with E-state index in [1.807, 2.05) is 0 Å². The highest BCUT2D eigenvalue weighted by Gasteiger charge is 2.29. The first-order chi connectivity index (χ1) is 7.86. The topological polar surface area (TPSA) is 12.0 Å². The summed E-state index contributed by atoms with van der Waals surface area (Å²) in [7, 11) is 0. The largest absolute Gasteiger partial charge is 0.381 e. The van der Waals surface area contributed by atoms with E-state index in [0.29, 0.717) is 0 Å². The quantitative estimate of drug-likeness (QED) is 0.791. The predicted molar refractivity (Wildman–Crippen MR) is 68.9 cm³/mol. The van der Waals surface area contributed by atoms with Crippen LogP contribution in [-0.2, 0) is 12.8 Å². The minimum Gasteiger partial charge on any atom is -0.381 e. The molecule has 16 heavy (non-hydrogen) atoms. The zero-order valence-electron chi connectivity index (χ0n) is 10.1. The van der Waals surface area contributed by atoms with E-state index < -0.39 is 0 Å². The maximum atomic E-state index is 3.73. The Hall–Kier alpha value is -0.980. The van der Waals surface area contributed by atoms with Gasteiger partial charge in [0.2, 0.25) is 0 Å². The van der Waals surface area contributed by atoms with Crippen molar-refractivity contribution < 1.29 is 0 Å². The molecule has 0 aromatic heterocycles. The van der Waals surface area contributed by atoms with Gasteiger partial charge in [-0.3, -0.25) is 0 Å². The van der Waals surface area contributed by atoms with Gasteiger partial charge in [0.05, 0.1) is 0 Å². The Labute approximate surface area is 98.3 Å². The van der Waals surface area contributed by atoms with Crippen LogP contribution in [0.4, 0.5) is 5.69 Å². The zero-order valence-corrected chi connectivity index (χ0v) is 10.1. The van der Waals surface area contributed by atoms with Gasteiger partial charge in [0.1, 0.15) is 0 Å². The first-order valence-corrected chi connectivity index (χ1v) is 6.75. The third-order valence-electron chi connectivity index (χ3n) is 4.33. The number of nitrogens with one attached hydrogen (secondary N) is 1.